The highest BCUT2D eigenvalue weighted by molar-refractivity contribution is 5.95. The number of hydrogen-bond donors (Lipinski definition) is 0. The third-order valence-electron chi connectivity index (χ3n) is 5.17. The lowest BCUT2D eigenvalue weighted by Crippen LogP contribution is -2.37. The Morgan fingerprint density at radius 3 is 2.52 bits per heavy atom. The Bertz CT molecular complexity index is 629. The Hall–Kier alpha value is -2.08. The van der Waals surface area contributed by atoms with Crippen LogP contribution in [-0.4, -0.2) is 68.0 Å². The predicted molar refractivity (Wildman–Crippen MR) is 96.7 cm³/mol. The first-order valence-corrected chi connectivity index (χ1v) is 8.93. The van der Waals surface area contributed by atoms with Gasteiger partial charge in [0.2, 0.25) is 5.91 Å². The van der Waals surface area contributed by atoms with Crippen LogP contribution < -0.4 is 9.64 Å². The Labute approximate surface area is 149 Å². The maximum Gasteiger partial charge on any atom is 0.260 e. The summed E-state index contributed by atoms with van der Waals surface area (Å²) in [5.74, 6) is 1.31. The largest absolute Gasteiger partial charge is 0.484 e. The van der Waals surface area contributed by atoms with Crippen molar-refractivity contribution >= 4 is 17.5 Å². The molecule has 0 radical (unpaired) electrons. The Balaban J connectivity index is 1.52. The lowest BCUT2D eigenvalue weighted by atomic mass is 10.1. The van der Waals surface area contributed by atoms with Gasteiger partial charge in [-0.05, 0) is 50.7 Å². The zero-order valence-corrected chi connectivity index (χ0v) is 15.3. The summed E-state index contributed by atoms with van der Waals surface area (Å²) >= 11 is 0. The fraction of sp³-hybridized carbons (Fsp3) is 0.579. The van der Waals surface area contributed by atoms with Crippen LogP contribution in [0.15, 0.2) is 24.3 Å². The van der Waals surface area contributed by atoms with E-state index in [0.717, 1.165) is 31.7 Å². The Kier molecular flexibility index (Phi) is 5.27. The van der Waals surface area contributed by atoms with Crippen molar-refractivity contribution in [3.05, 3.63) is 24.3 Å². The predicted octanol–water partition coefficient (Wildman–Crippen LogP) is 1.60. The van der Waals surface area contributed by atoms with E-state index >= 15 is 0 Å². The molecule has 2 aliphatic heterocycles. The van der Waals surface area contributed by atoms with Crippen LogP contribution in [0, 0.1) is 5.92 Å². The zero-order valence-electron chi connectivity index (χ0n) is 15.3. The Morgan fingerprint density at radius 1 is 1.24 bits per heavy atom. The minimum atomic E-state index is 0.0231. The number of rotatable bonds is 5. The summed E-state index contributed by atoms with van der Waals surface area (Å²) in [5, 5.41) is 0. The van der Waals surface area contributed by atoms with E-state index < -0.39 is 0 Å². The molecule has 2 saturated heterocycles. The number of amides is 2. The molecule has 0 aliphatic carbocycles. The first kappa shape index (κ1) is 17.7. The quantitative estimate of drug-likeness (QED) is 0.813. The molecule has 1 aromatic carbocycles. The van der Waals surface area contributed by atoms with Crippen molar-refractivity contribution in [1.82, 2.24) is 9.80 Å². The van der Waals surface area contributed by atoms with Crippen LogP contribution >= 0.6 is 0 Å². The minimum absolute atomic E-state index is 0.0231. The molecule has 2 fully saturated rings. The van der Waals surface area contributed by atoms with E-state index in [2.05, 4.69) is 25.9 Å². The molecule has 0 spiro atoms. The summed E-state index contributed by atoms with van der Waals surface area (Å²) in [4.78, 5) is 30.0. The summed E-state index contributed by atoms with van der Waals surface area (Å²) < 4.78 is 5.65. The number of likely N-dealkylation sites (N-methyl/N-ethyl adjacent to an activating group) is 1. The SMILES string of the molecule is C[C@H]1CN(C(=O)COc2ccc(N3CCCC3=O)cc2)C[C@H]1N(C)C. The van der Waals surface area contributed by atoms with Gasteiger partial charge in [-0.1, -0.05) is 6.92 Å². The van der Waals surface area contributed by atoms with Crippen LogP contribution in [0.1, 0.15) is 19.8 Å². The highest BCUT2D eigenvalue weighted by Crippen LogP contribution is 2.24. The van der Waals surface area contributed by atoms with Gasteiger partial charge in [0.05, 0.1) is 0 Å². The van der Waals surface area contributed by atoms with E-state index in [1.807, 2.05) is 29.2 Å². The number of carbonyl (C=O) groups is 2. The van der Waals surface area contributed by atoms with E-state index in [4.69, 9.17) is 4.74 Å². The van der Waals surface area contributed by atoms with Gasteiger partial charge in [-0.15, -0.1) is 0 Å². The van der Waals surface area contributed by atoms with Gasteiger partial charge in [0, 0.05) is 37.8 Å². The summed E-state index contributed by atoms with van der Waals surface area (Å²) in [6, 6.07) is 7.81. The van der Waals surface area contributed by atoms with Gasteiger partial charge < -0.3 is 19.4 Å². The minimum Gasteiger partial charge on any atom is -0.484 e. The lowest BCUT2D eigenvalue weighted by molar-refractivity contribution is -0.132. The first-order valence-electron chi connectivity index (χ1n) is 8.93. The van der Waals surface area contributed by atoms with Crippen LogP contribution in [0.25, 0.3) is 0 Å². The molecular formula is C19H27N3O3. The molecule has 0 aromatic heterocycles. The second kappa shape index (κ2) is 7.44. The van der Waals surface area contributed by atoms with Crippen molar-refractivity contribution in [3.63, 3.8) is 0 Å². The van der Waals surface area contributed by atoms with Gasteiger partial charge in [-0.25, -0.2) is 0 Å². The van der Waals surface area contributed by atoms with E-state index in [0.29, 0.717) is 24.1 Å². The van der Waals surface area contributed by atoms with Crippen molar-refractivity contribution < 1.29 is 14.3 Å². The van der Waals surface area contributed by atoms with Crippen molar-refractivity contribution in [2.24, 2.45) is 5.92 Å². The fourth-order valence-electron chi connectivity index (χ4n) is 3.71. The maximum absolute atomic E-state index is 12.4. The summed E-state index contributed by atoms with van der Waals surface area (Å²) in [7, 11) is 4.11. The van der Waals surface area contributed by atoms with Gasteiger partial charge in [-0.3, -0.25) is 9.59 Å². The molecule has 0 unspecified atom stereocenters. The summed E-state index contributed by atoms with van der Waals surface area (Å²) in [6.07, 6.45) is 1.53. The van der Waals surface area contributed by atoms with Crippen molar-refractivity contribution in [1.29, 1.82) is 0 Å². The normalized spacial score (nSPS) is 23.6. The van der Waals surface area contributed by atoms with Gasteiger partial charge >= 0.3 is 0 Å². The topological polar surface area (TPSA) is 53.1 Å². The van der Waals surface area contributed by atoms with E-state index in [1.165, 1.54) is 0 Å². The number of nitrogens with zero attached hydrogens (tertiary/aromatic N) is 3. The van der Waals surface area contributed by atoms with Crippen LogP contribution in [0.4, 0.5) is 5.69 Å². The van der Waals surface area contributed by atoms with Gasteiger partial charge in [0.15, 0.2) is 6.61 Å². The third kappa shape index (κ3) is 3.95. The molecule has 2 atom stereocenters. The molecule has 2 aliphatic rings. The third-order valence-corrected chi connectivity index (χ3v) is 5.17. The highest BCUT2D eigenvalue weighted by Gasteiger charge is 2.33. The molecule has 6 heteroatoms. The summed E-state index contributed by atoms with van der Waals surface area (Å²) in [5.41, 5.74) is 0.892. The molecule has 0 saturated carbocycles. The second-order valence-electron chi connectivity index (χ2n) is 7.24. The number of ether oxygens (including phenoxy) is 1. The highest BCUT2D eigenvalue weighted by atomic mass is 16.5. The number of likely N-dealkylation sites (tertiary alicyclic amines) is 1. The molecule has 2 amide bonds. The molecule has 0 N–H and O–H groups in total. The van der Waals surface area contributed by atoms with Crippen LogP contribution in [0.3, 0.4) is 0 Å². The number of hydrogen-bond acceptors (Lipinski definition) is 4. The smallest absolute Gasteiger partial charge is 0.260 e. The monoisotopic (exact) mass is 345 g/mol. The van der Waals surface area contributed by atoms with Crippen molar-refractivity contribution in [3.8, 4) is 5.75 Å². The molecule has 136 valence electrons. The van der Waals surface area contributed by atoms with Crippen LogP contribution in [0.5, 0.6) is 5.75 Å². The molecular weight excluding hydrogens is 318 g/mol. The standard InChI is InChI=1S/C19H27N3O3/c1-14-11-21(12-17(14)20(2)3)19(24)13-25-16-8-6-15(7-9-16)22-10-4-5-18(22)23/h6-9,14,17H,4-5,10-13H2,1-3H3/t14-,17+/m0/s1. The van der Waals surface area contributed by atoms with Gasteiger partial charge in [0.25, 0.3) is 5.91 Å². The molecule has 6 nitrogen and oxygen atoms in total. The molecule has 1 aromatic rings. The van der Waals surface area contributed by atoms with E-state index in [9.17, 15) is 9.59 Å². The van der Waals surface area contributed by atoms with Crippen LogP contribution in [0.2, 0.25) is 0 Å². The van der Waals surface area contributed by atoms with Gasteiger partial charge in [0.1, 0.15) is 5.75 Å². The average molecular weight is 345 g/mol. The number of carbonyl (C=O) groups excluding carboxylic acids is 2. The number of benzene rings is 1. The lowest BCUT2D eigenvalue weighted by Gasteiger charge is -2.22. The van der Waals surface area contributed by atoms with E-state index in [-0.39, 0.29) is 18.4 Å². The van der Waals surface area contributed by atoms with Crippen LogP contribution in [-0.2, 0) is 9.59 Å². The second-order valence-corrected chi connectivity index (χ2v) is 7.24. The summed E-state index contributed by atoms with van der Waals surface area (Å²) in [6.45, 7) is 4.54. The van der Waals surface area contributed by atoms with Gasteiger partial charge in [-0.2, -0.15) is 0 Å². The number of anilines is 1. The zero-order chi connectivity index (χ0) is 18.0. The van der Waals surface area contributed by atoms with Crippen molar-refractivity contribution in [2.45, 2.75) is 25.8 Å². The first-order chi connectivity index (χ1) is 12.0. The van der Waals surface area contributed by atoms with E-state index in [1.54, 1.807) is 4.90 Å². The molecule has 2 heterocycles. The molecule has 3 rings (SSSR count). The molecule has 25 heavy (non-hydrogen) atoms. The molecule has 0 bridgehead atoms. The maximum atomic E-state index is 12.4. The van der Waals surface area contributed by atoms with Crippen molar-refractivity contribution in [2.75, 3.05) is 45.2 Å². The fourth-order valence-corrected chi connectivity index (χ4v) is 3.71. The Morgan fingerprint density at radius 2 is 1.96 bits per heavy atom. The average Bonchev–Trinajstić information content (AvgIpc) is 3.19.